The maximum absolute atomic E-state index is 12.1. The molecule has 6 heteroatoms. The number of amides is 1. The number of ether oxygens (including phenoxy) is 1. The van der Waals surface area contributed by atoms with Crippen LogP contribution in [0, 0.1) is 0 Å². The molecule has 1 aliphatic heterocycles. The number of nitrogens with one attached hydrogen (secondary N) is 1. The molecule has 5 nitrogen and oxygen atoms in total. The summed E-state index contributed by atoms with van der Waals surface area (Å²) in [5.74, 6) is -0.452. The van der Waals surface area contributed by atoms with Crippen molar-refractivity contribution in [1.82, 2.24) is 10.2 Å². The van der Waals surface area contributed by atoms with E-state index in [0.717, 1.165) is 11.1 Å². The third kappa shape index (κ3) is 3.29. The molecule has 1 atom stereocenters. The first-order valence-electron chi connectivity index (χ1n) is 6.26. The number of carbonyl (C=O) groups is 2. The summed E-state index contributed by atoms with van der Waals surface area (Å²) in [5, 5.41) is 2.82. The summed E-state index contributed by atoms with van der Waals surface area (Å²) in [7, 11) is 3.06. The lowest BCUT2D eigenvalue weighted by atomic mass is 9.94. The predicted octanol–water partition coefficient (Wildman–Crippen LogP) is 0.754. The molecule has 0 fully saturated rings. The van der Waals surface area contributed by atoms with Gasteiger partial charge in [0.15, 0.2) is 0 Å². The summed E-state index contributed by atoms with van der Waals surface area (Å²) >= 11 is 0. The Bertz CT molecular complexity index is 493. The van der Waals surface area contributed by atoms with E-state index in [2.05, 4.69) is 5.32 Å². The summed E-state index contributed by atoms with van der Waals surface area (Å²) in [6.45, 7) is 0.673. The second-order valence-electron chi connectivity index (χ2n) is 4.56. The van der Waals surface area contributed by atoms with Crippen molar-refractivity contribution in [3.05, 3.63) is 35.4 Å². The number of benzene rings is 1. The van der Waals surface area contributed by atoms with Gasteiger partial charge in [-0.15, -0.1) is 12.4 Å². The van der Waals surface area contributed by atoms with Crippen LogP contribution in [0.1, 0.15) is 11.1 Å². The lowest BCUT2D eigenvalue weighted by Gasteiger charge is -2.35. The molecule has 1 aromatic carbocycles. The number of hydrogen-bond donors (Lipinski definition) is 1. The van der Waals surface area contributed by atoms with Crippen LogP contribution in [0.5, 0.6) is 0 Å². The largest absolute Gasteiger partial charge is 0.467 e. The Morgan fingerprint density at radius 2 is 2.00 bits per heavy atom. The van der Waals surface area contributed by atoms with Gasteiger partial charge in [0, 0.05) is 13.0 Å². The van der Waals surface area contributed by atoms with Gasteiger partial charge in [-0.2, -0.15) is 0 Å². The molecule has 0 aliphatic carbocycles. The molecule has 110 valence electrons. The molecule has 0 radical (unpaired) electrons. The molecular weight excluding hydrogens is 280 g/mol. The Hall–Kier alpha value is -1.59. The molecule has 2 rings (SSSR count). The lowest BCUT2D eigenvalue weighted by molar-refractivity contribution is -0.153. The van der Waals surface area contributed by atoms with Crippen molar-refractivity contribution in [2.45, 2.75) is 19.0 Å². The first-order valence-corrected chi connectivity index (χ1v) is 6.26. The summed E-state index contributed by atoms with van der Waals surface area (Å²) < 4.78 is 4.81. The highest BCUT2D eigenvalue weighted by Crippen LogP contribution is 2.23. The molecule has 1 aromatic rings. The number of likely N-dealkylation sites (N-methyl/N-ethyl adjacent to an activating group) is 1. The quantitative estimate of drug-likeness (QED) is 0.837. The molecule has 0 saturated carbocycles. The van der Waals surface area contributed by atoms with E-state index in [1.54, 1.807) is 11.9 Å². The molecule has 1 amide bonds. The molecule has 0 spiro atoms. The molecule has 0 saturated heterocycles. The summed E-state index contributed by atoms with van der Waals surface area (Å²) in [6, 6.07) is 7.34. The Morgan fingerprint density at radius 1 is 1.35 bits per heavy atom. The number of esters is 1. The number of nitrogens with zero attached hydrogens (tertiary/aromatic N) is 1. The van der Waals surface area contributed by atoms with E-state index in [-0.39, 0.29) is 30.8 Å². The fraction of sp³-hybridized carbons (Fsp3) is 0.429. The van der Waals surface area contributed by atoms with Crippen LogP contribution in [-0.2, 0) is 27.3 Å². The van der Waals surface area contributed by atoms with Crippen LogP contribution in [0.25, 0.3) is 0 Å². The van der Waals surface area contributed by atoms with Crippen molar-refractivity contribution < 1.29 is 14.3 Å². The second-order valence-corrected chi connectivity index (χ2v) is 4.56. The van der Waals surface area contributed by atoms with Gasteiger partial charge in [0.1, 0.15) is 6.04 Å². The highest BCUT2D eigenvalue weighted by molar-refractivity contribution is 5.86. The molecule has 0 aromatic heterocycles. The van der Waals surface area contributed by atoms with E-state index in [1.165, 1.54) is 7.11 Å². The first kappa shape index (κ1) is 16.5. The van der Waals surface area contributed by atoms with E-state index >= 15 is 0 Å². The Morgan fingerprint density at radius 3 is 2.60 bits per heavy atom. The molecular formula is C14H19ClN2O3. The summed E-state index contributed by atoms with van der Waals surface area (Å²) in [4.78, 5) is 25.5. The van der Waals surface area contributed by atoms with E-state index in [1.807, 2.05) is 24.3 Å². The zero-order valence-corrected chi connectivity index (χ0v) is 12.4. The number of carbonyl (C=O) groups excluding carboxylic acids is 2. The number of rotatable bonds is 3. The number of methoxy groups -OCH3 is 1. The minimum Gasteiger partial charge on any atom is -0.467 e. The Kier molecular flexibility index (Phi) is 5.98. The summed E-state index contributed by atoms with van der Waals surface area (Å²) in [5.41, 5.74) is 2.19. The number of fused-ring (bicyclic) bond motifs is 1. The average molecular weight is 299 g/mol. The van der Waals surface area contributed by atoms with E-state index < -0.39 is 6.04 Å². The van der Waals surface area contributed by atoms with Crippen LogP contribution in [0.15, 0.2) is 24.3 Å². The third-order valence-electron chi connectivity index (χ3n) is 3.37. The van der Waals surface area contributed by atoms with Crippen LogP contribution in [-0.4, -0.2) is 43.5 Å². The zero-order chi connectivity index (χ0) is 13.8. The van der Waals surface area contributed by atoms with E-state index in [9.17, 15) is 9.59 Å². The normalized spacial score (nSPS) is 16.9. The van der Waals surface area contributed by atoms with E-state index in [0.29, 0.717) is 13.0 Å². The number of halogens is 1. The molecule has 1 N–H and O–H groups in total. The Labute approximate surface area is 124 Å². The topological polar surface area (TPSA) is 58.6 Å². The van der Waals surface area contributed by atoms with E-state index in [4.69, 9.17) is 4.74 Å². The fourth-order valence-corrected chi connectivity index (χ4v) is 2.38. The van der Waals surface area contributed by atoms with Crippen molar-refractivity contribution in [2.75, 3.05) is 20.7 Å². The lowest BCUT2D eigenvalue weighted by Crippen LogP contribution is -2.51. The van der Waals surface area contributed by atoms with Gasteiger partial charge in [-0.1, -0.05) is 24.3 Å². The fourth-order valence-electron chi connectivity index (χ4n) is 2.38. The standard InChI is InChI=1S/C14H18N2O3.ClH/c1-15-8-13(17)16-9-11-6-4-3-5-10(11)7-12(16)14(18)19-2;/h3-6,12,15H,7-9H2,1-2H3;1H. The van der Waals surface area contributed by atoms with Gasteiger partial charge in [0.05, 0.1) is 13.7 Å². The van der Waals surface area contributed by atoms with Gasteiger partial charge >= 0.3 is 5.97 Å². The van der Waals surface area contributed by atoms with Gasteiger partial charge in [0.2, 0.25) is 5.91 Å². The second kappa shape index (κ2) is 7.26. The van der Waals surface area contributed by atoms with Crippen LogP contribution < -0.4 is 5.32 Å². The zero-order valence-electron chi connectivity index (χ0n) is 11.6. The molecule has 1 unspecified atom stereocenters. The van der Waals surface area contributed by atoms with Gasteiger partial charge in [0.25, 0.3) is 0 Å². The molecule has 1 aliphatic rings. The minimum atomic E-state index is -0.527. The predicted molar refractivity (Wildman–Crippen MR) is 77.7 cm³/mol. The maximum Gasteiger partial charge on any atom is 0.328 e. The minimum absolute atomic E-state index is 0. The van der Waals surface area contributed by atoms with Crippen molar-refractivity contribution in [1.29, 1.82) is 0 Å². The smallest absolute Gasteiger partial charge is 0.328 e. The van der Waals surface area contributed by atoms with Crippen molar-refractivity contribution in [3.8, 4) is 0 Å². The van der Waals surface area contributed by atoms with Crippen molar-refractivity contribution in [3.63, 3.8) is 0 Å². The van der Waals surface area contributed by atoms with Crippen LogP contribution >= 0.6 is 12.4 Å². The van der Waals surface area contributed by atoms with Crippen molar-refractivity contribution >= 4 is 24.3 Å². The van der Waals surface area contributed by atoms with Gasteiger partial charge in [-0.05, 0) is 18.2 Å². The molecule has 1 heterocycles. The maximum atomic E-state index is 12.1. The molecule has 20 heavy (non-hydrogen) atoms. The van der Waals surface area contributed by atoms with Gasteiger partial charge in [-0.25, -0.2) is 4.79 Å². The van der Waals surface area contributed by atoms with Gasteiger partial charge < -0.3 is 15.0 Å². The average Bonchev–Trinajstić information content (AvgIpc) is 2.45. The number of hydrogen-bond acceptors (Lipinski definition) is 4. The summed E-state index contributed by atoms with van der Waals surface area (Å²) in [6.07, 6.45) is 0.512. The Balaban J connectivity index is 0.00000200. The van der Waals surface area contributed by atoms with Crippen LogP contribution in [0.3, 0.4) is 0 Å². The first-order chi connectivity index (χ1) is 9.17. The SMILES string of the molecule is CNCC(=O)N1Cc2ccccc2CC1C(=O)OC.Cl. The highest BCUT2D eigenvalue weighted by Gasteiger charge is 2.34. The van der Waals surface area contributed by atoms with Crippen LogP contribution in [0.4, 0.5) is 0 Å². The molecule has 0 bridgehead atoms. The van der Waals surface area contributed by atoms with Gasteiger partial charge in [-0.3, -0.25) is 4.79 Å². The monoisotopic (exact) mass is 298 g/mol. The highest BCUT2D eigenvalue weighted by atomic mass is 35.5. The third-order valence-corrected chi connectivity index (χ3v) is 3.37. The van der Waals surface area contributed by atoms with Crippen LogP contribution in [0.2, 0.25) is 0 Å². The van der Waals surface area contributed by atoms with Crippen molar-refractivity contribution in [2.24, 2.45) is 0 Å².